The summed E-state index contributed by atoms with van der Waals surface area (Å²) < 4.78 is 1.53. The van der Waals surface area contributed by atoms with Crippen molar-refractivity contribution in [2.75, 3.05) is 31.9 Å². The highest BCUT2D eigenvalue weighted by molar-refractivity contribution is 5.98. The zero-order valence-corrected chi connectivity index (χ0v) is 11.3. The number of hydrogen-bond acceptors (Lipinski definition) is 4. The van der Waals surface area contributed by atoms with Crippen molar-refractivity contribution in [3.8, 4) is 0 Å². The summed E-state index contributed by atoms with van der Waals surface area (Å²) >= 11 is 0. The highest BCUT2D eigenvalue weighted by Gasteiger charge is 2.28. The van der Waals surface area contributed by atoms with Gasteiger partial charge in [-0.05, 0) is 13.5 Å². The van der Waals surface area contributed by atoms with Crippen molar-refractivity contribution in [2.24, 2.45) is 7.05 Å². The first-order valence-corrected chi connectivity index (χ1v) is 6.35. The van der Waals surface area contributed by atoms with Crippen LogP contribution in [-0.2, 0) is 7.05 Å². The number of nitrogens with two attached hydrogens (primary N) is 1. The number of aromatic nitrogens is 2. The van der Waals surface area contributed by atoms with Gasteiger partial charge in [-0.25, -0.2) is 0 Å². The largest absolute Gasteiger partial charge is 0.383 e. The van der Waals surface area contributed by atoms with E-state index in [1.807, 2.05) is 4.90 Å². The number of hydrogen-bond donors (Lipinski definition) is 1. The fourth-order valence-electron chi connectivity index (χ4n) is 2.43. The summed E-state index contributed by atoms with van der Waals surface area (Å²) in [5.74, 6) is 0.425. The molecule has 1 fully saturated rings. The number of likely N-dealkylation sites (N-methyl/N-ethyl adjacent to an activating group) is 1. The van der Waals surface area contributed by atoms with Crippen LogP contribution in [0.5, 0.6) is 0 Å². The van der Waals surface area contributed by atoms with Crippen LogP contribution in [0.3, 0.4) is 0 Å². The second-order valence-electron chi connectivity index (χ2n) is 4.80. The Morgan fingerprint density at radius 3 is 2.78 bits per heavy atom. The Bertz CT molecular complexity index is 442. The Kier molecular flexibility index (Phi) is 3.56. The lowest BCUT2D eigenvalue weighted by atomic mass is 10.1. The van der Waals surface area contributed by atoms with Gasteiger partial charge in [-0.3, -0.25) is 14.4 Å². The molecule has 1 aromatic heterocycles. The normalized spacial score (nSPS) is 21.3. The number of carbonyl (C=O) groups excluding carboxylic acids is 1. The molecule has 1 aliphatic heterocycles. The van der Waals surface area contributed by atoms with E-state index >= 15 is 0 Å². The van der Waals surface area contributed by atoms with Crippen molar-refractivity contribution in [1.82, 2.24) is 19.6 Å². The van der Waals surface area contributed by atoms with Crippen LogP contribution >= 0.6 is 0 Å². The van der Waals surface area contributed by atoms with Crippen molar-refractivity contribution in [3.05, 3.63) is 11.8 Å². The molecule has 6 nitrogen and oxygen atoms in total. The fraction of sp³-hybridized carbons (Fsp3) is 0.667. The smallest absolute Gasteiger partial charge is 0.259 e. The summed E-state index contributed by atoms with van der Waals surface area (Å²) in [6, 6.07) is 0.394. The van der Waals surface area contributed by atoms with E-state index in [9.17, 15) is 4.79 Å². The van der Waals surface area contributed by atoms with Crippen molar-refractivity contribution in [3.63, 3.8) is 0 Å². The number of piperazine rings is 1. The first kappa shape index (κ1) is 12.9. The van der Waals surface area contributed by atoms with Gasteiger partial charge in [0.2, 0.25) is 0 Å². The lowest BCUT2D eigenvalue weighted by molar-refractivity contribution is 0.0529. The van der Waals surface area contributed by atoms with E-state index in [0.29, 0.717) is 17.4 Å². The first-order chi connectivity index (χ1) is 8.54. The Morgan fingerprint density at radius 2 is 2.28 bits per heavy atom. The monoisotopic (exact) mass is 251 g/mol. The van der Waals surface area contributed by atoms with E-state index in [-0.39, 0.29) is 5.91 Å². The maximum Gasteiger partial charge on any atom is 0.259 e. The molecular formula is C12H21N5O. The zero-order chi connectivity index (χ0) is 13.3. The summed E-state index contributed by atoms with van der Waals surface area (Å²) in [4.78, 5) is 16.6. The first-order valence-electron chi connectivity index (χ1n) is 6.35. The second kappa shape index (κ2) is 4.97. The summed E-state index contributed by atoms with van der Waals surface area (Å²) in [5, 5.41) is 4.02. The number of nitrogens with zero attached hydrogens (tertiary/aromatic N) is 4. The van der Waals surface area contributed by atoms with Crippen LogP contribution < -0.4 is 5.73 Å². The summed E-state index contributed by atoms with van der Waals surface area (Å²) in [6.45, 7) is 7.75. The second-order valence-corrected chi connectivity index (χ2v) is 4.80. The maximum absolute atomic E-state index is 12.3. The SMILES string of the molecule is CCN1CCN(C(=O)c2cnn(C)c2N)CC1C. The topological polar surface area (TPSA) is 67.4 Å². The molecule has 0 saturated carbocycles. The molecule has 6 heteroatoms. The van der Waals surface area contributed by atoms with Crippen LogP contribution in [-0.4, -0.2) is 57.7 Å². The summed E-state index contributed by atoms with van der Waals surface area (Å²) in [7, 11) is 1.74. The summed E-state index contributed by atoms with van der Waals surface area (Å²) in [5.41, 5.74) is 6.35. The molecule has 18 heavy (non-hydrogen) atoms. The van der Waals surface area contributed by atoms with Crippen molar-refractivity contribution in [2.45, 2.75) is 19.9 Å². The number of nitrogen functional groups attached to an aromatic ring is 1. The highest BCUT2D eigenvalue weighted by atomic mass is 16.2. The molecule has 1 atom stereocenters. The predicted octanol–water partition coefficient (Wildman–Crippen LogP) is 0.169. The zero-order valence-electron chi connectivity index (χ0n) is 11.3. The van der Waals surface area contributed by atoms with Crippen LogP contribution in [0.2, 0.25) is 0 Å². The van der Waals surface area contributed by atoms with Gasteiger partial charge in [0.15, 0.2) is 0 Å². The van der Waals surface area contributed by atoms with E-state index in [2.05, 4.69) is 23.8 Å². The fourth-order valence-corrected chi connectivity index (χ4v) is 2.43. The molecule has 1 amide bonds. The van der Waals surface area contributed by atoms with Crippen molar-refractivity contribution in [1.29, 1.82) is 0 Å². The molecule has 1 unspecified atom stereocenters. The maximum atomic E-state index is 12.3. The van der Waals surface area contributed by atoms with Gasteiger partial charge in [0.1, 0.15) is 11.4 Å². The number of anilines is 1. The molecule has 0 bridgehead atoms. The van der Waals surface area contributed by atoms with E-state index in [0.717, 1.165) is 26.2 Å². The third-order valence-electron chi connectivity index (χ3n) is 3.67. The molecule has 0 spiro atoms. The van der Waals surface area contributed by atoms with Gasteiger partial charge in [-0.1, -0.05) is 6.92 Å². The average Bonchev–Trinajstić information content (AvgIpc) is 2.69. The Morgan fingerprint density at radius 1 is 1.56 bits per heavy atom. The quantitative estimate of drug-likeness (QED) is 0.813. The third kappa shape index (κ3) is 2.20. The molecule has 0 radical (unpaired) electrons. The molecule has 1 aliphatic rings. The summed E-state index contributed by atoms with van der Waals surface area (Å²) in [6.07, 6.45) is 1.55. The molecule has 2 N–H and O–H groups in total. The van der Waals surface area contributed by atoms with Crippen LogP contribution in [0, 0.1) is 0 Å². The van der Waals surface area contributed by atoms with E-state index in [1.54, 1.807) is 13.2 Å². The standard InChI is InChI=1S/C12H21N5O/c1-4-16-5-6-17(8-9(16)2)12(18)10-7-14-15(3)11(10)13/h7,9H,4-6,8,13H2,1-3H3. The highest BCUT2D eigenvalue weighted by Crippen LogP contribution is 2.16. The lowest BCUT2D eigenvalue weighted by Gasteiger charge is -2.39. The predicted molar refractivity (Wildman–Crippen MR) is 70.2 cm³/mol. The minimum absolute atomic E-state index is 0.0109. The molecule has 100 valence electrons. The number of aryl methyl sites for hydroxylation is 1. The van der Waals surface area contributed by atoms with Gasteiger partial charge in [0, 0.05) is 32.7 Å². The average molecular weight is 251 g/mol. The van der Waals surface area contributed by atoms with Crippen LogP contribution in [0.1, 0.15) is 24.2 Å². The van der Waals surface area contributed by atoms with Crippen LogP contribution in [0.4, 0.5) is 5.82 Å². The minimum atomic E-state index is -0.0109. The number of carbonyl (C=O) groups is 1. The Hall–Kier alpha value is -1.56. The molecule has 1 aromatic rings. The number of rotatable bonds is 2. The molecule has 2 heterocycles. The molecule has 2 rings (SSSR count). The minimum Gasteiger partial charge on any atom is -0.383 e. The Labute approximate surface area is 107 Å². The third-order valence-corrected chi connectivity index (χ3v) is 3.67. The van der Waals surface area contributed by atoms with Gasteiger partial charge in [-0.2, -0.15) is 5.10 Å². The van der Waals surface area contributed by atoms with Gasteiger partial charge in [0.25, 0.3) is 5.91 Å². The Balaban J connectivity index is 2.09. The van der Waals surface area contributed by atoms with Gasteiger partial charge in [-0.15, -0.1) is 0 Å². The van der Waals surface area contributed by atoms with E-state index < -0.39 is 0 Å². The van der Waals surface area contributed by atoms with Crippen LogP contribution in [0.15, 0.2) is 6.20 Å². The lowest BCUT2D eigenvalue weighted by Crippen LogP contribution is -2.53. The van der Waals surface area contributed by atoms with Crippen molar-refractivity contribution < 1.29 is 4.79 Å². The number of amides is 1. The molecule has 0 aliphatic carbocycles. The van der Waals surface area contributed by atoms with Gasteiger partial charge in [0.05, 0.1) is 6.20 Å². The van der Waals surface area contributed by atoms with Crippen molar-refractivity contribution >= 4 is 11.7 Å². The van der Waals surface area contributed by atoms with Gasteiger partial charge >= 0.3 is 0 Å². The molecular weight excluding hydrogens is 230 g/mol. The van der Waals surface area contributed by atoms with Crippen LogP contribution in [0.25, 0.3) is 0 Å². The van der Waals surface area contributed by atoms with E-state index in [4.69, 9.17) is 5.73 Å². The molecule has 1 saturated heterocycles. The van der Waals surface area contributed by atoms with Gasteiger partial charge < -0.3 is 10.6 Å². The molecule has 0 aromatic carbocycles. The van der Waals surface area contributed by atoms with E-state index in [1.165, 1.54) is 4.68 Å².